The van der Waals surface area contributed by atoms with Gasteiger partial charge in [-0.3, -0.25) is 4.79 Å². The summed E-state index contributed by atoms with van der Waals surface area (Å²) in [6.45, 7) is 1.94. The third-order valence-corrected chi connectivity index (χ3v) is 2.70. The summed E-state index contributed by atoms with van der Waals surface area (Å²) in [4.78, 5) is 10.8. The van der Waals surface area contributed by atoms with Gasteiger partial charge in [0.1, 0.15) is 5.82 Å². The Labute approximate surface area is 93.3 Å². The van der Waals surface area contributed by atoms with Crippen molar-refractivity contribution in [1.82, 2.24) is 4.57 Å². The van der Waals surface area contributed by atoms with Gasteiger partial charge in [-0.1, -0.05) is 0 Å². The van der Waals surface area contributed by atoms with Crippen molar-refractivity contribution in [2.24, 2.45) is 7.05 Å². The number of rotatable bonds is 2. The fraction of sp³-hybridized carbons (Fsp3) is 0.154. The third kappa shape index (κ3) is 1.65. The van der Waals surface area contributed by atoms with Crippen LogP contribution in [0.15, 0.2) is 30.3 Å². The predicted octanol–water partition coefficient (Wildman–Crippen LogP) is 2.95. The Balaban J connectivity index is 2.59. The second-order valence-corrected chi connectivity index (χ2v) is 3.78. The van der Waals surface area contributed by atoms with Gasteiger partial charge >= 0.3 is 0 Å². The molecule has 1 heterocycles. The average molecular weight is 217 g/mol. The monoisotopic (exact) mass is 217 g/mol. The minimum absolute atomic E-state index is 0.258. The van der Waals surface area contributed by atoms with Gasteiger partial charge in [-0.05, 0) is 48.4 Å². The van der Waals surface area contributed by atoms with Crippen LogP contribution in [-0.2, 0) is 7.05 Å². The number of benzene rings is 1. The number of nitrogens with zero attached hydrogens (tertiary/aromatic N) is 1. The maximum absolute atomic E-state index is 12.8. The minimum Gasteiger partial charge on any atom is -0.341 e. The SMILES string of the molecule is Cc1cc(C=O)n(C)c1-c1ccc(F)cc1. The normalized spacial score (nSPS) is 10.4. The van der Waals surface area contributed by atoms with Gasteiger partial charge < -0.3 is 4.57 Å². The molecule has 0 unspecified atom stereocenters. The molecule has 0 saturated heterocycles. The summed E-state index contributed by atoms with van der Waals surface area (Å²) in [5.74, 6) is -0.258. The van der Waals surface area contributed by atoms with E-state index in [9.17, 15) is 9.18 Å². The number of aldehydes is 1. The molecule has 82 valence electrons. The first-order valence-electron chi connectivity index (χ1n) is 5.01. The highest BCUT2D eigenvalue weighted by Gasteiger charge is 2.10. The number of halogens is 1. The van der Waals surface area contributed by atoms with Crippen molar-refractivity contribution >= 4 is 6.29 Å². The van der Waals surface area contributed by atoms with Crippen LogP contribution in [0.5, 0.6) is 0 Å². The Morgan fingerprint density at radius 2 is 1.88 bits per heavy atom. The summed E-state index contributed by atoms with van der Waals surface area (Å²) in [5, 5.41) is 0. The van der Waals surface area contributed by atoms with Gasteiger partial charge in [-0.25, -0.2) is 4.39 Å². The van der Waals surface area contributed by atoms with Crippen molar-refractivity contribution < 1.29 is 9.18 Å². The molecular formula is C13H12FNO. The molecule has 1 aromatic heterocycles. The first kappa shape index (κ1) is 10.6. The van der Waals surface area contributed by atoms with Crippen molar-refractivity contribution in [3.8, 4) is 11.3 Å². The number of hydrogen-bond donors (Lipinski definition) is 0. The van der Waals surface area contributed by atoms with E-state index in [2.05, 4.69) is 0 Å². The van der Waals surface area contributed by atoms with Crippen LogP contribution < -0.4 is 0 Å². The lowest BCUT2D eigenvalue weighted by molar-refractivity contribution is 0.111. The Morgan fingerprint density at radius 3 is 2.38 bits per heavy atom. The van der Waals surface area contributed by atoms with E-state index in [0.717, 1.165) is 23.1 Å². The molecule has 0 N–H and O–H groups in total. The lowest BCUT2D eigenvalue weighted by atomic mass is 10.1. The van der Waals surface area contributed by atoms with Gasteiger partial charge in [-0.2, -0.15) is 0 Å². The van der Waals surface area contributed by atoms with Crippen LogP contribution >= 0.6 is 0 Å². The maximum atomic E-state index is 12.8. The molecule has 0 fully saturated rings. The van der Waals surface area contributed by atoms with Crippen molar-refractivity contribution in [2.75, 3.05) is 0 Å². The summed E-state index contributed by atoms with van der Waals surface area (Å²) in [5.41, 5.74) is 3.49. The highest BCUT2D eigenvalue weighted by molar-refractivity contribution is 5.78. The van der Waals surface area contributed by atoms with E-state index in [-0.39, 0.29) is 5.82 Å². The highest BCUT2D eigenvalue weighted by atomic mass is 19.1. The molecule has 2 rings (SSSR count). The number of carbonyl (C=O) groups excluding carboxylic acids is 1. The molecule has 16 heavy (non-hydrogen) atoms. The Bertz CT molecular complexity index is 526. The topological polar surface area (TPSA) is 22.0 Å². The van der Waals surface area contributed by atoms with Gasteiger partial charge in [0.25, 0.3) is 0 Å². The van der Waals surface area contributed by atoms with E-state index in [4.69, 9.17) is 0 Å². The summed E-state index contributed by atoms with van der Waals surface area (Å²) in [6, 6.07) is 8.09. The molecule has 0 bridgehead atoms. The number of aryl methyl sites for hydroxylation is 1. The van der Waals surface area contributed by atoms with Gasteiger partial charge in [-0.15, -0.1) is 0 Å². The minimum atomic E-state index is -0.258. The molecule has 0 aliphatic heterocycles. The molecule has 0 amide bonds. The zero-order valence-corrected chi connectivity index (χ0v) is 9.20. The number of aromatic nitrogens is 1. The smallest absolute Gasteiger partial charge is 0.166 e. The quantitative estimate of drug-likeness (QED) is 0.709. The fourth-order valence-corrected chi connectivity index (χ4v) is 1.92. The van der Waals surface area contributed by atoms with Crippen LogP contribution in [0.3, 0.4) is 0 Å². The molecule has 2 nitrogen and oxygen atoms in total. The molecular weight excluding hydrogens is 205 g/mol. The average Bonchev–Trinajstić information content (AvgIpc) is 2.56. The second-order valence-electron chi connectivity index (χ2n) is 3.78. The van der Waals surface area contributed by atoms with Crippen molar-refractivity contribution in [2.45, 2.75) is 6.92 Å². The molecule has 0 saturated carbocycles. The third-order valence-electron chi connectivity index (χ3n) is 2.70. The van der Waals surface area contributed by atoms with E-state index >= 15 is 0 Å². The Kier molecular flexibility index (Phi) is 2.60. The predicted molar refractivity (Wildman–Crippen MR) is 60.9 cm³/mol. The Morgan fingerprint density at radius 1 is 1.25 bits per heavy atom. The summed E-state index contributed by atoms with van der Waals surface area (Å²) >= 11 is 0. The molecule has 0 atom stereocenters. The number of hydrogen-bond acceptors (Lipinski definition) is 1. The maximum Gasteiger partial charge on any atom is 0.166 e. The standard InChI is InChI=1S/C13H12FNO/c1-9-7-12(8-16)15(2)13(9)10-3-5-11(14)6-4-10/h3-8H,1-2H3. The molecule has 3 heteroatoms. The first-order valence-corrected chi connectivity index (χ1v) is 5.01. The van der Waals surface area contributed by atoms with Gasteiger partial charge in [0.2, 0.25) is 0 Å². The molecule has 0 aliphatic rings. The molecule has 0 spiro atoms. The van der Waals surface area contributed by atoms with E-state index in [1.54, 1.807) is 12.1 Å². The van der Waals surface area contributed by atoms with Gasteiger partial charge in [0, 0.05) is 7.05 Å². The van der Waals surface area contributed by atoms with Crippen LogP contribution in [0.4, 0.5) is 4.39 Å². The molecule has 1 aromatic carbocycles. The highest BCUT2D eigenvalue weighted by Crippen LogP contribution is 2.25. The summed E-state index contributed by atoms with van der Waals surface area (Å²) in [7, 11) is 1.83. The van der Waals surface area contributed by atoms with Crippen molar-refractivity contribution in [3.05, 3.63) is 47.4 Å². The second kappa shape index (κ2) is 3.93. The molecule has 0 radical (unpaired) electrons. The van der Waals surface area contributed by atoms with Crippen LogP contribution in [0.25, 0.3) is 11.3 Å². The van der Waals surface area contributed by atoms with E-state index in [1.807, 2.05) is 24.6 Å². The van der Waals surface area contributed by atoms with Crippen molar-refractivity contribution in [3.63, 3.8) is 0 Å². The molecule has 2 aromatic rings. The van der Waals surface area contributed by atoms with Crippen LogP contribution in [0.1, 0.15) is 16.1 Å². The summed E-state index contributed by atoms with van der Waals surface area (Å²) < 4.78 is 14.6. The van der Waals surface area contributed by atoms with Crippen LogP contribution in [-0.4, -0.2) is 10.9 Å². The van der Waals surface area contributed by atoms with Gasteiger partial charge in [0.15, 0.2) is 6.29 Å². The fourth-order valence-electron chi connectivity index (χ4n) is 1.92. The largest absolute Gasteiger partial charge is 0.341 e. The zero-order chi connectivity index (χ0) is 11.7. The van der Waals surface area contributed by atoms with E-state index in [1.165, 1.54) is 12.1 Å². The zero-order valence-electron chi connectivity index (χ0n) is 9.20. The van der Waals surface area contributed by atoms with Crippen molar-refractivity contribution in [1.29, 1.82) is 0 Å². The van der Waals surface area contributed by atoms with Crippen LogP contribution in [0, 0.1) is 12.7 Å². The lowest BCUT2D eigenvalue weighted by Crippen LogP contribution is -1.97. The van der Waals surface area contributed by atoms with Crippen LogP contribution in [0.2, 0.25) is 0 Å². The molecule has 0 aliphatic carbocycles. The van der Waals surface area contributed by atoms with E-state index < -0.39 is 0 Å². The Hall–Kier alpha value is -1.90. The number of carbonyl (C=O) groups is 1. The van der Waals surface area contributed by atoms with Gasteiger partial charge in [0.05, 0.1) is 11.4 Å². The summed E-state index contributed by atoms with van der Waals surface area (Å²) in [6.07, 6.45) is 0.819. The first-order chi connectivity index (χ1) is 7.63. The van der Waals surface area contributed by atoms with E-state index in [0.29, 0.717) is 5.69 Å². The lowest BCUT2D eigenvalue weighted by Gasteiger charge is -2.06.